The Morgan fingerprint density at radius 2 is 1.43 bits per heavy atom. The van der Waals surface area contributed by atoms with E-state index >= 15 is 0 Å². The van der Waals surface area contributed by atoms with Gasteiger partial charge in [-0.25, -0.2) is 5.48 Å². The molecule has 0 saturated carbocycles. The van der Waals surface area contributed by atoms with Crippen LogP contribution in [0.2, 0.25) is 16.6 Å². The van der Waals surface area contributed by atoms with E-state index in [1.54, 1.807) is 12.1 Å². The molecule has 0 unspecified atom stereocenters. The van der Waals surface area contributed by atoms with Crippen LogP contribution in [0.1, 0.15) is 57.5 Å². The Morgan fingerprint density at radius 3 is 1.81 bits per heavy atom. The molecule has 4 heteroatoms. The van der Waals surface area contributed by atoms with E-state index in [4.69, 9.17) is 4.53 Å². The van der Waals surface area contributed by atoms with Gasteiger partial charge in [0.1, 0.15) is 0 Å². The van der Waals surface area contributed by atoms with Crippen LogP contribution in [0, 0.1) is 6.92 Å². The number of hydrogen-bond donors (Lipinski definition) is 1. The van der Waals surface area contributed by atoms with Crippen molar-refractivity contribution in [2.45, 2.75) is 58.2 Å². The van der Waals surface area contributed by atoms with E-state index in [9.17, 15) is 4.79 Å². The highest BCUT2D eigenvalue weighted by Crippen LogP contribution is 2.41. The predicted molar refractivity (Wildman–Crippen MR) is 90.5 cm³/mol. The van der Waals surface area contributed by atoms with Crippen LogP contribution < -0.4 is 5.48 Å². The lowest BCUT2D eigenvalue weighted by Gasteiger charge is -2.40. The Balaban J connectivity index is 2.86. The molecule has 0 aliphatic carbocycles. The summed E-state index contributed by atoms with van der Waals surface area (Å²) < 4.78 is 6.08. The maximum absolute atomic E-state index is 12.2. The highest BCUT2D eigenvalue weighted by molar-refractivity contribution is 6.77. The molecular weight excluding hydrogens is 278 g/mol. The van der Waals surface area contributed by atoms with Crippen LogP contribution in [0.25, 0.3) is 0 Å². The van der Waals surface area contributed by atoms with Crippen LogP contribution in [0.3, 0.4) is 0 Å². The van der Waals surface area contributed by atoms with Crippen LogP contribution in [-0.2, 0) is 4.53 Å². The lowest BCUT2D eigenvalue weighted by molar-refractivity contribution is 0.0720. The Bertz CT molecular complexity index is 444. The Hall–Kier alpha value is -1.13. The highest BCUT2D eigenvalue weighted by atomic mass is 28.4. The van der Waals surface area contributed by atoms with E-state index in [0.717, 1.165) is 5.56 Å². The molecule has 0 saturated heterocycles. The standard InChI is InChI=1S/C17H28NO2Si/c1-12(2)21(13(3)4,14(5)6)20-18-17(19)16-10-8-15(7)9-11-16/h8-14H,7H2,1-6H3,(H,18,19). The smallest absolute Gasteiger partial charge is 0.273 e. The molecule has 3 nitrogen and oxygen atoms in total. The van der Waals surface area contributed by atoms with E-state index in [-0.39, 0.29) is 5.91 Å². The van der Waals surface area contributed by atoms with Gasteiger partial charge in [-0.15, -0.1) is 0 Å². The van der Waals surface area contributed by atoms with Crippen LogP contribution >= 0.6 is 0 Å². The van der Waals surface area contributed by atoms with Gasteiger partial charge in [0.2, 0.25) is 8.32 Å². The van der Waals surface area contributed by atoms with Crippen LogP contribution in [-0.4, -0.2) is 14.2 Å². The van der Waals surface area contributed by atoms with E-state index in [1.165, 1.54) is 0 Å². The number of rotatable bonds is 6. The second-order valence-corrected chi connectivity index (χ2v) is 11.9. The average Bonchev–Trinajstić information content (AvgIpc) is 2.38. The second kappa shape index (κ2) is 7.23. The quantitative estimate of drug-likeness (QED) is 0.611. The van der Waals surface area contributed by atoms with Gasteiger partial charge in [0.15, 0.2) is 0 Å². The third-order valence-corrected chi connectivity index (χ3v) is 10.1. The van der Waals surface area contributed by atoms with E-state index in [1.807, 2.05) is 12.1 Å². The van der Waals surface area contributed by atoms with Gasteiger partial charge in [-0.3, -0.25) is 4.79 Å². The molecule has 1 radical (unpaired) electrons. The van der Waals surface area contributed by atoms with E-state index < -0.39 is 8.32 Å². The van der Waals surface area contributed by atoms with Gasteiger partial charge in [0.25, 0.3) is 5.91 Å². The van der Waals surface area contributed by atoms with Gasteiger partial charge in [0, 0.05) is 5.56 Å². The van der Waals surface area contributed by atoms with Crippen molar-refractivity contribution in [1.82, 2.24) is 5.48 Å². The number of nitrogens with one attached hydrogen (secondary N) is 1. The number of amides is 1. The number of benzene rings is 1. The topological polar surface area (TPSA) is 38.3 Å². The van der Waals surface area contributed by atoms with Crippen molar-refractivity contribution in [2.75, 3.05) is 0 Å². The summed E-state index contributed by atoms with van der Waals surface area (Å²) in [4.78, 5) is 12.2. The number of hydrogen-bond acceptors (Lipinski definition) is 2. The number of carbonyl (C=O) groups excluding carboxylic acids is 1. The molecule has 1 N–H and O–H groups in total. The lowest BCUT2D eigenvalue weighted by atomic mass is 10.1. The van der Waals surface area contributed by atoms with Crippen molar-refractivity contribution < 1.29 is 9.32 Å². The molecule has 1 aromatic carbocycles. The summed E-state index contributed by atoms with van der Waals surface area (Å²) in [7, 11) is -2.08. The molecule has 0 aliphatic heterocycles. The van der Waals surface area contributed by atoms with Crippen LogP contribution in [0.5, 0.6) is 0 Å². The third-order valence-electron chi connectivity index (χ3n) is 4.24. The molecule has 0 aliphatic rings. The summed E-state index contributed by atoms with van der Waals surface area (Å²) in [5, 5.41) is 0. The van der Waals surface area contributed by atoms with Gasteiger partial charge >= 0.3 is 0 Å². The molecule has 1 rings (SSSR count). The largest absolute Gasteiger partial charge is 0.318 e. The summed E-state index contributed by atoms with van der Waals surface area (Å²) in [5.74, 6) is -0.186. The molecule has 1 amide bonds. The van der Waals surface area contributed by atoms with E-state index in [0.29, 0.717) is 22.2 Å². The summed E-state index contributed by atoms with van der Waals surface area (Å²) in [6.07, 6.45) is 0. The molecule has 21 heavy (non-hydrogen) atoms. The minimum Gasteiger partial charge on any atom is -0.318 e. The maximum atomic E-state index is 12.2. The summed E-state index contributed by atoms with van der Waals surface area (Å²) in [6, 6.07) is 7.19. The van der Waals surface area contributed by atoms with Gasteiger partial charge in [-0.05, 0) is 41.2 Å². The molecule has 0 aromatic heterocycles. The fourth-order valence-electron chi connectivity index (χ4n) is 3.20. The minimum atomic E-state index is -2.08. The first-order valence-electron chi connectivity index (χ1n) is 7.62. The van der Waals surface area contributed by atoms with Crippen LogP contribution in [0.4, 0.5) is 0 Å². The van der Waals surface area contributed by atoms with Gasteiger partial charge in [-0.2, -0.15) is 0 Å². The number of hydroxylamine groups is 1. The van der Waals surface area contributed by atoms with Crippen molar-refractivity contribution in [2.24, 2.45) is 0 Å². The first-order valence-corrected chi connectivity index (χ1v) is 9.76. The summed E-state index contributed by atoms with van der Waals surface area (Å²) >= 11 is 0. The van der Waals surface area contributed by atoms with Crippen molar-refractivity contribution in [1.29, 1.82) is 0 Å². The average molecular weight is 307 g/mol. The lowest BCUT2D eigenvalue weighted by Crippen LogP contribution is -2.52. The normalized spacial score (nSPS) is 12.3. The minimum absolute atomic E-state index is 0.186. The third kappa shape index (κ3) is 3.95. The van der Waals surface area contributed by atoms with Gasteiger partial charge in [-0.1, -0.05) is 53.7 Å². The SMILES string of the molecule is [CH2]c1ccc(C(=O)NO[Si](C(C)C)(C(C)C)C(C)C)cc1. The monoisotopic (exact) mass is 306 g/mol. The maximum Gasteiger partial charge on any atom is 0.273 e. The highest BCUT2D eigenvalue weighted by Gasteiger charge is 2.46. The van der Waals surface area contributed by atoms with Gasteiger partial charge < -0.3 is 4.53 Å². The zero-order chi connectivity index (χ0) is 16.2. The van der Waals surface area contributed by atoms with E-state index in [2.05, 4.69) is 53.9 Å². The Labute approximate surface area is 130 Å². The molecule has 0 fully saturated rings. The zero-order valence-electron chi connectivity index (χ0n) is 14.1. The Kier molecular flexibility index (Phi) is 6.17. The van der Waals surface area contributed by atoms with Crippen molar-refractivity contribution in [3.05, 3.63) is 42.3 Å². The molecule has 0 bridgehead atoms. The second-order valence-electron chi connectivity index (χ2n) is 6.55. The van der Waals surface area contributed by atoms with Crippen molar-refractivity contribution in [3.8, 4) is 0 Å². The zero-order valence-corrected chi connectivity index (χ0v) is 15.1. The molecule has 117 valence electrons. The molecule has 0 spiro atoms. The molecular formula is C17H28NO2Si. The van der Waals surface area contributed by atoms with Crippen molar-refractivity contribution in [3.63, 3.8) is 0 Å². The first-order chi connectivity index (χ1) is 9.71. The fraction of sp³-hybridized carbons (Fsp3) is 0.529. The predicted octanol–water partition coefficient (Wildman–Crippen LogP) is 4.71. The van der Waals surface area contributed by atoms with Crippen molar-refractivity contribution >= 4 is 14.2 Å². The number of carbonyl (C=O) groups is 1. The molecule has 1 aromatic rings. The Morgan fingerprint density at radius 1 is 1.00 bits per heavy atom. The summed E-state index contributed by atoms with van der Waals surface area (Å²) in [6.45, 7) is 17.0. The van der Waals surface area contributed by atoms with Crippen LogP contribution in [0.15, 0.2) is 24.3 Å². The fourth-order valence-corrected chi connectivity index (χ4v) is 8.18. The van der Waals surface area contributed by atoms with Gasteiger partial charge in [0.05, 0.1) is 0 Å². The molecule has 0 atom stereocenters. The molecule has 0 heterocycles. The summed E-state index contributed by atoms with van der Waals surface area (Å²) in [5.41, 5.74) is 5.49. The first kappa shape index (κ1) is 17.9.